The van der Waals surface area contributed by atoms with Crippen molar-refractivity contribution in [1.82, 2.24) is 0 Å². The van der Waals surface area contributed by atoms with E-state index in [9.17, 15) is 9.59 Å². The van der Waals surface area contributed by atoms with Gasteiger partial charge < -0.3 is 24.3 Å². The molecular weight excluding hydrogens is 362 g/mol. The van der Waals surface area contributed by atoms with Crippen LogP contribution < -0.4 is 19.5 Å². The fraction of sp³-hybridized carbons (Fsp3) is 0.238. The third-order valence-electron chi connectivity index (χ3n) is 3.64. The van der Waals surface area contributed by atoms with E-state index in [1.54, 1.807) is 42.5 Å². The molecule has 0 fully saturated rings. The Morgan fingerprint density at radius 3 is 2.46 bits per heavy atom. The molecule has 7 heteroatoms. The lowest BCUT2D eigenvalue weighted by Gasteiger charge is -2.11. The average Bonchev–Trinajstić information content (AvgIpc) is 2.71. The maximum absolute atomic E-state index is 12.0. The van der Waals surface area contributed by atoms with Gasteiger partial charge in [-0.25, -0.2) is 4.79 Å². The first-order valence-electron chi connectivity index (χ1n) is 8.66. The number of hydrogen-bond donors (Lipinski definition) is 1. The monoisotopic (exact) mass is 385 g/mol. The van der Waals surface area contributed by atoms with Crippen LogP contribution in [0, 0.1) is 0 Å². The second-order valence-electron chi connectivity index (χ2n) is 5.50. The van der Waals surface area contributed by atoms with Gasteiger partial charge in [-0.15, -0.1) is 0 Å². The molecule has 0 aromatic heterocycles. The van der Waals surface area contributed by atoms with Gasteiger partial charge in [0, 0.05) is 11.6 Å². The molecule has 0 saturated heterocycles. The Hall–Kier alpha value is -3.48. The molecule has 1 N–H and O–H groups in total. The number of methoxy groups -OCH3 is 2. The quantitative estimate of drug-likeness (QED) is 0.527. The Morgan fingerprint density at radius 1 is 1.00 bits per heavy atom. The minimum Gasteiger partial charge on any atom is -0.493 e. The van der Waals surface area contributed by atoms with Crippen molar-refractivity contribution >= 4 is 23.6 Å². The Balaban J connectivity index is 1.92. The summed E-state index contributed by atoms with van der Waals surface area (Å²) >= 11 is 0. The third kappa shape index (κ3) is 5.77. The zero-order valence-electron chi connectivity index (χ0n) is 16.1. The summed E-state index contributed by atoms with van der Waals surface area (Å²) in [6.07, 6.45) is 2.75. The number of benzene rings is 2. The van der Waals surface area contributed by atoms with Crippen LogP contribution in [0.25, 0.3) is 6.08 Å². The normalized spacial score (nSPS) is 10.4. The van der Waals surface area contributed by atoms with Crippen LogP contribution in [0.1, 0.15) is 12.5 Å². The number of anilines is 1. The first kappa shape index (κ1) is 20.8. The highest BCUT2D eigenvalue weighted by atomic mass is 16.5. The van der Waals surface area contributed by atoms with Crippen LogP contribution in [0.5, 0.6) is 17.2 Å². The first-order valence-corrected chi connectivity index (χ1v) is 8.66. The second kappa shape index (κ2) is 10.6. The Labute approximate surface area is 163 Å². The Bertz CT molecular complexity index is 847. The van der Waals surface area contributed by atoms with Gasteiger partial charge >= 0.3 is 5.97 Å². The molecule has 0 atom stereocenters. The van der Waals surface area contributed by atoms with Crippen molar-refractivity contribution in [3.8, 4) is 17.2 Å². The lowest BCUT2D eigenvalue weighted by atomic mass is 10.1. The molecule has 0 saturated carbocycles. The van der Waals surface area contributed by atoms with E-state index in [-0.39, 0.29) is 0 Å². The highest BCUT2D eigenvalue weighted by Crippen LogP contribution is 2.31. The molecule has 28 heavy (non-hydrogen) atoms. The molecule has 0 radical (unpaired) electrons. The van der Waals surface area contributed by atoms with Gasteiger partial charge in [0.15, 0.2) is 18.1 Å². The summed E-state index contributed by atoms with van der Waals surface area (Å²) in [6.45, 7) is 1.91. The average molecular weight is 385 g/mol. The van der Waals surface area contributed by atoms with E-state index >= 15 is 0 Å². The van der Waals surface area contributed by atoms with E-state index in [1.165, 1.54) is 26.4 Å². The topological polar surface area (TPSA) is 83.1 Å². The van der Waals surface area contributed by atoms with E-state index in [0.29, 0.717) is 35.1 Å². The fourth-order valence-electron chi connectivity index (χ4n) is 2.42. The molecular formula is C21H23NO6. The van der Waals surface area contributed by atoms with Gasteiger partial charge in [-0.05, 0) is 31.2 Å². The molecule has 0 bridgehead atoms. The van der Waals surface area contributed by atoms with Crippen LogP contribution in [-0.2, 0) is 14.3 Å². The lowest BCUT2D eigenvalue weighted by Crippen LogP contribution is -2.20. The highest BCUT2D eigenvalue weighted by Gasteiger charge is 2.10. The number of hydrogen-bond acceptors (Lipinski definition) is 6. The van der Waals surface area contributed by atoms with E-state index < -0.39 is 18.5 Å². The predicted octanol–water partition coefficient (Wildman–Crippen LogP) is 3.30. The number of esters is 1. The lowest BCUT2D eigenvalue weighted by molar-refractivity contribution is -0.142. The minimum atomic E-state index is -0.655. The largest absolute Gasteiger partial charge is 0.493 e. The summed E-state index contributed by atoms with van der Waals surface area (Å²) < 4.78 is 20.9. The van der Waals surface area contributed by atoms with Crippen LogP contribution in [0.2, 0.25) is 0 Å². The zero-order valence-corrected chi connectivity index (χ0v) is 16.1. The van der Waals surface area contributed by atoms with Crippen LogP contribution in [0.3, 0.4) is 0 Å². The minimum absolute atomic E-state index is 0.418. The number of rotatable bonds is 9. The van der Waals surface area contributed by atoms with Crippen molar-refractivity contribution in [1.29, 1.82) is 0 Å². The zero-order chi connectivity index (χ0) is 20.4. The molecule has 0 aliphatic rings. The summed E-state index contributed by atoms with van der Waals surface area (Å²) in [5.41, 5.74) is 1.16. The van der Waals surface area contributed by atoms with Crippen molar-refractivity contribution in [2.24, 2.45) is 0 Å². The smallest absolute Gasteiger partial charge is 0.331 e. The van der Waals surface area contributed by atoms with E-state index in [4.69, 9.17) is 18.9 Å². The number of carbonyl (C=O) groups excluding carboxylic acids is 2. The number of para-hydroxylation sites is 3. The number of ether oxygens (including phenoxy) is 4. The molecule has 1 amide bonds. The molecule has 0 spiro atoms. The molecule has 148 valence electrons. The molecule has 2 aromatic carbocycles. The van der Waals surface area contributed by atoms with Gasteiger partial charge in [-0.1, -0.05) is 24.3 Å². The molecule has 0 aliphatic carbocycles. The van der Waals surface area contributed by atoms with E-state index in [2.05, 4.69) is 5.32 Å². The van der Waals surface area contributed by atoms with Gasteiger partial charge in [0.05, 0.1) is 26.5 Å². The van der Waals surface area contributed by atoms with Crippen molar-refractivity contribution in [2.75, 3.05) is 32.8 Å². The maximum atomic E-state index is 12.0. The van der Waals surface area contributed by atoms with Crippen LogP contribution in [-0.4, -0.2) is 39.3 Å². The summed E-state index contributed by atoms with van der Waals surface area (Å²) in [6, 6.07) is 12.3. The van der Waals surface area contributed by atoms with E-state index in [1.807, 2.05) is 6.92 Å². The van der Waals surface area contributed by atoms with Crippen molar-refractivity contribution < 1.29 is 28.5 Å². The first-order chi connectivity index (χ1) is 13.6. The SMILES string of the molecule is CCOc1ccccc1NC(=O)COC(=O)/C=C/c1cccc(OC)c1OC. The number of nitrogens with one attached hydrogen (secondary N) is 1. The van der Waals surface area contributed by atoms with Gasteiger partial charge in [0.25, 0.3) is 5.91 Å². The van der Waals surface area contributed by atoms with Gasteiger partial charge in [0.2, 0.25) is 0 Å². The highest BCUT2D eigenvalue weighted by molar-refractivity contribution is 5.95. The van der Waals surface area contributed by atoms with Gasteiger partial charge in [-0.3, -0.25) is 4.79 Å². The number of carbonyl (C=O) groups is 2. The van der Waals surface area contributed by atoms with Crippen LogP contribution in [0.4, 0.5) is 5.69 Å². The fourth-order valence-corrected chi connectivity index (χ4v) is 2.42. The third-order valence-corrected chi connectivity index (χ3v) is 3.64. The summed E-state index contributed by atoms with van der Waals surface area (Å²) in [7, 11) is 3.04. The molecule has 7 nitrogen and oxygen atoms in total. The van der Waals surface area contributed by atoms with Crippen molar-refractivity contribution in [3.63, 3.8) is 0 Å². The Morgan fingerprint density at radius 2 is 1.75 bits per heavy atom. The molecule has 0 unspecified atom stereocenters. The van der Waals surface area contributed by atoms with Crippen molar-refractivity contribution in [3.05, 3.63) is 54.1 Å². The van der Waals surface area contributed by atoms with Crippen LogP contribution in [0.15, 0.2) is 48.5 Å². The summed E-state index contributed by atoms with van der Waals surface area (Å²) in [4.78, 5) is 23.9. The summed E-state index contributed by atoms with van der Waals surface area (Å²) in [5, 5.41) is 2.66. The standard InChI is InChI=1S/C21H23NO6/c1-4-27-17-10-6-5-9-16(17)22-19(23)14-28-20(24)13-12-15-8-7-11-18(25-2)21(15)26-3/h5-13H,4,14H2,1-3H3,(H,22,23)/b13-12+. The molecule has 0 heterocycles. The Kier molecular flexibility index (Phi) is 7.90. The second-order valence-corrected chi connectivity index (χ2v) is 5.50. The van der Waals surface area contributed by atoms with Gasteiger partial charge in [-0.2, -0.15) is 0 Å². The number of amides is 1. The molecule has 0 aliphatic heterocycles. The molecule has 2 aromatic rings. The van der Waals surface area contributed by atoms with E-state index in [0.717, 1.165) is 0 Å². The van der Waals surface area contributed by atoms with Crippen molar-refractivity contribution in [2.45, 2.75) is 6.92 Å². The summed E-state index contributed by atoms with van der Waals surface area (Å²) in [5.74, 6) is 0.477. The molecule has 2 rings (SSSR count). The predicted molar refractivity (Wildman–Crippen MR) is 106 cm³/mol. The van der Waals surface area contributed by atoms with Gasteiger partial charge in [0.1, 0.15) is 5.75 Å². The maximum Gasteiger partial charge on any atom is 0.331 e. The van der Waals surface area contributed by atoms with Crippen LogP contribution >= 0.6 is 0 Å².